The molecule has 0 aliphatic heterocycles. The monoisotopic (exact) mass is 240 g/mol. The van der Waals surface area contributed by atoms with Gasteiger partial charge in [-0.05, 0) is 12.1 Å². The van der Waals surface area contributed by atoms with Gasteiger partial charge in [0.15, 0.2) is 0 Å². The number of halogens is 1. The van der Waals surface area contributed by atoms with Crippen LogP contribution in [0.2, 0.25) is 4.34 Å². The summed E-state index contributed by atoms with van der Waals surface area (Å²) in [6.07, 6.45) is 1.43. The molecule has 0 bridgehead atoms. The number of nitrogen functional groups attached to an aromatic ring is 1. The van der Waals surface area contributed by atoms with Crippen LogP contribution < -0.4 is 11.1 Å². The number of nitrogens with two attached hydrogens (primary N) is 1. The van der Waals surface area contributed by atoms with Crippen molar-refractivity contribution in [2.45, 2.75) is 6.54 Å². The van der Waals surface area contributed by atoms with Gasteiger partial charge in [0.25, 0.3) is 0 Å². The van der Waals surface area contributed by atoms with Crippen molar-refractivity contribution in [3.05, 3.63) is 33.7 Å². The lowest BCUT2D eigenvalue weighted by molar-refractivity contribution is 1.10. The summed E-state index contributed by atoms with van der Waals surface area (Å²) in [5.74, 6) is 1.17. The first kappa shape index (κ1) is 10.2. The molecule has 15 heavy (non-hydrogen) atoms. The lowest BCUT2D eigenvalue weighted by atomic mass is 10.4. The quantitative estimate of drug-likeness (QED) is 0.865. The van der Waals surface area contributed by atoms with E-state index in [-0.39, 0.29) is 0 Å². The molecule has 78 valence electrons. The van der Waals surface area contributed by atoms with Crippen molar-refractivity contribution >= 4 is 34.6 Å². The molecule has 2 aromatic rings. The van der Waals surface area contributed by atoms with Gasteiger partial charge in [0.2, 0.25) is 0 Å². The molecule has 2 heterocycles. The average Bonchev–Trinajstić information content (AvgIpc) is 2.62. The van der Waals surface area contributed by atoms with Gasteiger partial charge in [-0.2, -0.15) is 0 Å². The molecule has 0 aliphatic carbocycles. The second-order valence-corrected chi connectivity index (χ2v) is 4.69. The smallest absolute Gasteiger partial charge is 0.131 e. The summed E-state index contributed by atoms with van der Waals surface area (Å²) in [5, 5.41) is 3.14. The number of rotatable bonds is 3. The van der Waals surface area contributed by atoms with Crippen LogP contribution in [0.3, 0.4) is 0 Å². The number of hydrogen-bond donors (Lipinski definition) is 2. The molecule has 4 nitrogen and oxygen atoms in total. The molecule has 0 saturated carbocycles. The van der Waals surface area contributed by atoms with Crippen molar-refractivity contribution in [1.82, 2.24) is 9.97 Å². The van der Waals surface area contributed by atoms with Gasteiger partial charge in [-0.15, -0.1) is 11.3 Å². The van der Waals surface area contributed by atoms with Crippen molar-refractivity contribution in [1.29, 1.82) is 0 Å². The predicted molar refractivity (Wildman–Crippen MR) is 63.1 cm³/mol. The van der Waals surface area contributed by atoms with Crippen LogP contribution in [0.1, 0.15) is 4.88 Å². The maximum absolute atomic E-state index is 5.81. The molecule has 2 aromatic heterocycles. The van der Waals surface area contributed by atoms with E-state index >= 15 is 0 Å². The Balaban J connectivity index is 1.99. The van der Waals surface area contributed by atoms with E-state index in [1.54, 1.807) is 6.07 Å². The van der Waals surface area contributed by atoms with E-state index < -0.39 is 0 Å². The summed E-state index contributed by atoms with van der Waals surface area (Å²) in [4.78, 5) is 8.99. The number of hydrogen-bond acceptors (Lipinski definition) is 5. The first-order valence-corrected chi connectivity index (χ1v) is 5.49. The van der Waals surface area contributed by atoms with E-state index in [9.17, 15) is 0 Å². The Hall–Kier alpha value is -1.33. The van der Waals surface area contributed by atoms with Crippen molar-refractivity contribution in [2.24, 2.45) is 0 Å². The molecule has 0 atom stereocenters. The third-order valence-electron chi connectivity index (χ3n) is 1.76. The van der Waals surface area contributed by atoms with Crippen molar-refractivity contribution in [2.75, 3.05) is 11.1 Å². The van der Waals surface area contributed by atoms with E-state index in [1.165, 1.54) is 17.7 Å². The largest absolute Gasteiger partial charge is 0.384 e. The van der Waals surface area contributed by atoms with E-state index in [4.69, 9.17) is 17.3 Å². The molecular weight excluding hydrogens is 232 g/mol. The first-order chi connectivity index (χ1) is 7.24. The van der Waals surface area contributed by atoms with Crippen LogP contribution >= 0.6 is 22.9 Å². The maximum atomic E-state index is 5.81. The summed E-state index contributed by atoms with van der Waals surface area (Å²) < 4.78 is 0.786. The number of nitrogens with one attached hydrogen (secondary N) is 1. The predicted octanol–water partition coefficient (Wildman–Crippen LogP) is 2.39. The van der Waals surface area contributed by atoms with Crippen LogP contribution in [0.25, 0.3) is 0 Å². The van der Waals surface area contributed by atoms with Crippen LogP contribution in [0.4, 0.5) is 11.6 Å². The van der Waals surface area contributed by atoms with Gasteiger partial charge < -0.3 is 11.1 Å². The Morgan fingerprint density at radius 1 is 1.40 bits per heavy atom. The Labute approximate surface area is 96.1 Å². The third kappa shape index (κ3) is 2.81. The van der Waals surface area contributed by atoms with Crippen molar-refractivity contribution < 1.29 is 0 Å². The standard InChI is InChI=1S/C9H9ClN4S/c10-7-2-1-6(15-7)4-12-9-3-8(11)13-5-14-9/h1-3,5H,4H2,(H3,11,12,13,14). The Morgan fingerprint density at radius 2 is 2.27 bits per heavy atom. The Kier molecular flexibility index (Phi) is 3.03. The molecule has 0 aliphatic rings. The average molecular weight is 241 g/mol. The molecule has 0 radical (unpaired) electrons. The lowest BCUT2D eigenvalue weighted by Crippen LogP contribution is -2.01. The van der Waals surface area contributed by atoms with Crippen LogP contribution in [0.5, 0.6) is 0 Å². The lowest BCUT2D eigenvalue weighted by Gasteiger charge is -2.03. The highest BCUT2D eigenvalue weighted by molar-refractivity contribution is 7.16. The van der Waals surface area contributed by atoms with Gasteiger partial charge in [-0.25, -0.2) is 9.97 Å². The summed E-state index contributed by atoms with van der Waals surface area (Å²) in [7, 11) is 0. The zero-order valence-corrected chi connectivity index (χ0v) is 9.35. The number of thiophene rings is 1. The van der Waals surface area contributed by atoms with Gasteiger partial charge in [-0.3, -0.25) is 0 Å². The van der Waals surface area contributed by atoms with Crippen molar-refractivity contribution in [3.63, 3.8) is 0 Å². The SMILES string of the molecule is Nc1cc(NCc2ccc(Cl)s2)ncn1. The fourth-order valence-corrected chi connectivity index (χ4v) is 2.12. The molecule has 0 aromatic carbocycles. The number of nitrogens with zero attached hydrogens (tertiary/aromatic N) is 2. The highest BCUT2D eigenvalue weighted by Gasteiger charge is 1.99. The second kappa shape index (κ2) is 4.46. The minimum Gasteiger partial charge on any atom is -0.384 e. The van der Waals surface area contributed by atoms with Gasteiger partial charge >= 0.3 is 0 Å². The van der Waals surface area contributed by atoms with Gasteiger partial charge in [0.1, 0.15) is 18.0 Å². The molecular formula is C9H9ClN4S. The molecule has 0 unspecified atom stereocenters. The first-order valence-electron chi connectivity index (χ1n) is 4.29. The van der Waals surface area contributed by atoms with Crippen LogP contribution in [0, 0.1) is 0 Å². The minimum absolute atomic E-state index is 0.455. The van der Waals surface area contributed by atoms with Crippen LogP contribution in [0.15, 0.2) is 24.5 Å². The van der Waals surface area contributed by atoms with E-state index in [2.05, 4.69) is 15.3 Å². The summed E-state index contributed by atoms with van der Waals surface area (Å²) in [6, 6.07) is 5.54. The summed E-state index contributed by atoms with van der Waals surface area (Å²) in [5.41, 5.74) is 5.52. The van der Waals surface area contributed by atoms with Crippen LogP contribution in [-0.4, -0.2) is 9.97 Å². The molecule has 2 rings (SSSR count). The Bertz CT molecular complexity index is 457. The molecule has 3 N–H and O–H groups in total. The zero-order valence-electron chi connectivity index (χ0n) is 7.77. The summed E-state index contributed by atoms with van der Waals surface area (Å²) in [6.45, 7) is 0.688. The maximum Gasteiger partial charge on any atom is 0.131 e. The van der Waals surface area contributed by atoms with Gasteiger partial charge in [-0.1, -0.05) is 11.6 Å². The van der Waals surface area contributed by atoms with Crippen LogP contribution in [-0.2, 0) is 6.54 Å². The highest BCUT2D eigenvalue weighted by atomic mass is 35.5. The highest BCUT2D eigenvalue weighted by Crippen LogP contribution is 2.22. The molecule has 0 amide bonds. The summed E-state index contributed by atoms with van der Waals surface area (Å²) >= 11 is 7.35. The van der Waals surface area contributed by atoms with Crippen molar-refractivity contribution in [3.8, 4) is 0 Å². The third-order valence-corrected chi connectivity index (χ3v) is 2.99. The molecule has 0 spiro atoms. The van der Waals surface area contributed by atoms with Gasteiger partial charge in [0.05, 0.1) is 10.9 Å². The normalized spacial score (nSPS) is 10.2. The van der Waals surface area contributed by atoms with E-state index in [0.29, 0.717) is 18.2 Å². The Morgan fingerprint density at radius 3 is 2.93 bits per heavy atom. The molecule has 0 fully saturated rings. The second-order valence-electron chi connectivity index (χ2n) is 2.89. The van der Waals surface area contributed by atoms with Gasteiger partial charge in [0, 0.05) is 10.9 Å². The molecule has 0 saturated heterocycles. The zero-order chi connectivity index (χ0) is 10.7. The molecule has 6 heteroatoms. The number of anilines is 2. The fraction of sp³-hybridized carbons (Fsp3) is 0.111. The fourth-order valence-electron chi connectivity index (χ4n) is 1.09. The number of aromatic nitrogens is 2. The van der Waals surface area contributed by atoms with E-state index in [0.717, 1.165) is 9.21 Å². The van der Waals surface area contributed by atoms with E-state index in [1.807, 2.05) is 12.1 Å². The topological polar surface area (TPSA) is 63.8 Å². The minimum atomic E-state index is 0.455.